The molecule has 0 spiro atoms. The van der Waals surface area contributed by atoms with Crippen LogP contribution in [0.5, 0.6) is 0 Å². The van der Waals surface area contributed by atoms with Crippen molar-refractivity contribution in [1.29, 1.82) is 0 Å². The maximum absolute atomic E-state index is 11.1. The van der Waals surface area contributed by atoms with Crippen LogP contribution in [0.15, 0.2) is 0 Å². The van der Waals surface area contributed by atoms with E-state index in [0.29, 0.717) is 6.42 Å². The van der Waals surface area contributed by atoms with Gasteiger partial charge in [-0.1, -0.05) is 13.3 Å². The largest absolute Gasteiger partial charge is 0.481 e. The summed E-state index contributed by atoms with van der Waals surface area (Å²) in [5.74, 6) is -1.17. The summed E-state index contributed by atoms with van der Waals surface area (Å²) >= 11 is 0. The lowest BCUT2D eigenvalue weighted by Gasteiger charge is -2.15. The van der Waals surface area contributed by atoms with Crippen molar-refractivity contribution in [2.45, 2.75) is 32.2 Å². The number of carboxylic acids is 1. The zero-order chi connectivity index (χ0) is 11.0. The summed E-state index contributed by atoms with van der Waals surface area (Å²) in [6, 6.07) is -0.292. The van der Waals surface area contributed by atoms with Crippen molar-refractivity contribution in [3.8, 4) is 0 Å². The average Bonchev–Trinajstić information content (AvgIpc) is 2.03. The minimum absolute atomic E-state index is 0.0279. The predicted octanol–water partition coefficient (Wildman–Crippen LogP) is 0.392. The first-order valence-electron chi connectivity index (χ1n) is 4.60. The van der Waals surface area contributed by atoms with E-state index in [9.17, 15) is 9.59 Å². The van der Waals surface area contributed by atoms with Gasteiger partial charge in [0.05, 0.1) is 6.42 Å². The Labute approximate surface area is 83.4 Å². The molecule has 14 heavy (non-hydrogen) atoms. The quantitative estimate of drug-likeness (QED) is 0.627. The molecule has 5 heteroatoms. The van der Waals surface area contributed by atoms with Gasteiger partial charge in [0.15, 0.2) is 0 Å². The van der Waals surface area contributed by atoms with Gasteiger partial charge in [0.1, 0.15) is 6.61 Å². The highest BCUT2D eigenvalue weighted by atomic mass is 16.5. The average molecular weight is 203 g/mol. The maximum atomic E-state index is 11.1. The Hall–Kier alpha value is -1.10. The highest BCUT2D eigenvalue weighted by Crippen LogP contribution is 2.01. The fraction of sp³-hybridized carbons (Fsp3) is 0.778. The van der Waals surface area contributed by atoms with E-state index in [1.54, 1.807) is 0 Å². The zero-order valence-electron chi connectivity index (χ0n) is 8.58. The van der Waals surface area contributed by atoms with Crippen molar-refractivity contribution in [3.05, 3.63) is 0 Å². The highest BCUT2D eigenvalue weighted by Gasteiger charge is 2.14. The molecular formula is C9H17NO4. The van der Waals surface area contributed by atoms with Crippen LogP contribution in [0.2, 0.25) is 0 Å². The minimum Gasteiger partial charge on any atom is -0.481 e. The molecule has 0 aromatic carbocycles. The molecule has 0 saturated carbocycles. The van der Waals surface area contributed by atoms with E-state index in [1.807, 2.05) is 6.92 Å². The van der Waals surface area contributed by atoms with E-state index in [4.69, 9.17) is 5.11 Å². The second-order valence-electron chi connectivity index (χ2n) is 3.08. The van der Waals surface area contributed by atoms with Crippen LogP contribution < -0.4 is 5.32 Å². The van der Waals surface area contributed by atoms with Gasteiger partial charge < -0.3 is 15.2 Å². The summed E-state index contributed by atoms with van der Waals surface area (Å²) in [6.07, 6.45) is 1.47. The van der Waals surface area contributed by atoms with E-state index < -0.39 is 5.97 Å². The first kappa shape index (κ1) is 12.9. The number of hydrogen-bond acceptors (Lipinski definition) is 3. The molecule has 0 fully saturated rings. The molecule has 0 bridgehead atoms. The monoisotopic (exact) mass is 203 g/mol. The van der Waals surface area contributed by atoms with Crippen LogP contribution in [0.3, 0.4) is 0 Å². The van der Waals surface area contributed by atoms with Crippen molar-refractivity contribution in [1.82, 2.24) is 5.32 Å². The molecule has 0 saturated heterocycles. The fourth-order valence-corrected chi connectivity index (χ4v) is 1.18. The molecule has 0 aromatic rings. The second kappa shape index (κ2) is 7.32. The number of carbonyl (C=O) groups excluding carboxylic acids is 1. The summed E-state index contributed by atoms with van der Waals surface area (Å²) in [7, 11) is 1.42. The van der Waals surface area contributed by atoms with Gasteiger partial charge in [0.2, 0.25) is 5.91 Å². The van der Waals surface area contributed by atoms with Gasteiger partial charge in [-0.25, -0.2) is 0 Å². The molecule has 0 aliphatic heterocycles. The first-order valence-corrected chi connectivity index (χ1v) is 4.60. The number of ether oxygens (including phenoxy) is 1. The van der Waals surface area contributed by atoms with Crippen LogP contribution in [0, 0.1) is 0 Å². The molecule has 0 aliphatic carbocycles. The van der Waals surface area contributed by atoms with Gasteiger partial charge >= 0.3 is 5.97 Å². The van der Waals surface area contributed by atoms with Crippen molar-refractivity contribution in [2.75, 3.05) is 13.7 Å². The van der Waals surface area contributed by atoms with E-state index in [-0.39, 0.29) is 25.0 Å². The second-order valence-corrected chi connectivity index (χ2v) is 3.08. The number of aliphatic carboxylic acids is 1. The van der Waals surface area contributed by atoms with Gasteiger partial charge in [-0.2, -0.15) is 0 Å². The Bertz CT molecular complexity index is 193. The molecule has 2 N–H and O–H groups in total. The third kappa shape index (κ3) is 6.42. The van der Waals surface area contributed by atoms with Gasteiger partial charge in [0.25, 0.3) is 0 Å². The van der Waals surface area contributed by atoms with E-state index in [2.05, 4.69) is 10.1 Å². The third-order valence-corrected chi connectivity index (χ3v) is 1.70. The number of rotatable bonds is 7. The summed E-state index contributed by atoms with van der Waals surface area (Å²) in [5.41, 5.74) is 0. The molecule has 0 aromatic heterocycles. The number of hydrogen-bond donors (Lipinski definition) is 2. The SMILES string of the molecule is CCCC(CC(=O)O)NC(=O)COC. The zero-order valence-corrected chi connectivity index (χ0v) is 8.58. The summed E-state index contributed by atoms with van der Waals surface area (Å²) in [6.45, 7) is 1.91. The molecule has 0 rings (SSSR count). The molecule has 0 aliphatic rings. The van der Waals surface area contributed by atoms with Gasteiger partial charge in [0, 0.05) is 13.2 Å². The molecule has 0 heterocycles. The number of carbonyl (C=O) groups is 2. The van der Waals surface area contributed by atoms with E-state index in [0.717, 1.165) is 6.42 Å². The van der Waals surface area contributed by atoms with Crippen LogP contribution in [0.1, 0.15) is 26.2 Å². The van der Waals surface area contributed by atoms with Gasteiger partial charge in [-0.05, 0) is 6.42 Å². The predicted molar refractivity (Wildman–Crippen MR) is 51.0 cm³/mol. The van der Waals surface area contributed by atoms with Crippen molar-refractivity contribution in [2.24, 2.45) is 0 Å². The lowest BCUT2D eigenvalue weighted by Crippen LogP contribution is -2.38. The lowest BCUT2D eigenvalue weighted by molar-refractivity contribution is -0.137. The Morgan fingerprint density at radius 1 is 1.50 bits per heavy atom. The third-order valence-electron chi connectivity index (χ3n) is 1.70. The van der Waals surface area contributed by atoms with Gasteiger partial charge in [-0.3, -0.25) is 9.59 Å². The van der Waals surface area contributed by atoms with Crippen molar-refractivity contribution < 1.29 is 19.4 Å². The lowest BCUT2D eigenvalue weighted by atomic mass is 10.1. The Morgan fingerprint density at radius 3 is 2.57 bits per heavy atom. The minimum atomic E-state index is -0.902. The number of amides is 1. The molecule has 0 radical (unpaired) electrons. The Morgan fingerprint density at radius 2 is 2.14 bits per heavy atom. The smallest absolute Gasteiger partial charge is 0.305 e. The number of nitrogens with one attached hydrogen (secondary N) is 1. The topological polar surface area (TPSA) is 75.6 Å². The van der Waals surface area contributed by atoms with Crippen LogP contribution in [0.25, 0.3) is 0 Å². The summed E-state index contributed by atoms with van der Waals surface area (Å²) in [4.78, 5) is 21.5. The Balaban J connectivity index is 3.94. The van der Waals surface area contributed by atoms with Crippen LogP contribution in [-0.2, 0) is 14.3 Å². The summed E-state index contributed by atoms with van der Waals surface area (Å²) in [5, 5.41) is 11.2. The molecule has 1 unspecified atom stereocenters. The number of methoxy groups -OCH3 is 1. The van der Waals surface area contributed by atoms with Crippen molar-refractivity contribution in [3.63, 3.8) is 0 Å². The molecule has 5 nitrogen and oxygen atoms in total. The fourth-order valence-electron chi connectivity index (χ4n) is 1.18. The van der Waals surface area contributed by atoms with E-state index >= 15 is 0 Å². The molecule has 82 valence electrons. The maximum Gasteiger partial charge on any atom is 0.305 e. The summed E-state index contributed by atoms with van der Waals surface area (Å²) < 4.78 is 4.63. The normalized spacial score (nSPS) is 12.1. The first-order chi connectivity index (χ1) is 6.60. The van der Waals surface area contributed by atoms with Crippen LogP contribution >= 0.6 is 0 Å². The highest BCUT2D eigenvalue weighted by molar-refractivity contribution is 5.78. The standard InChI is InChI=1S/C9H17NO4/c1-3-4-7(5-9(12)13)10-8(11)6-14-2/h7H,3-6H2,1-2H3,(H,10,11)(H,12,13). The van der Waals surface area contributed by atoms with E-state index in [1.165, 1.54) is 7.11 Å². The molecular weight excluding hydrogens is 186 g/mol. The van der Waals surface area contributed by atoms with Crippen LogP contribution in [-0.4, -0.2) is 36.7 Å². The van der Waals surface area contributed by atoms with Crippen LogP contribution in [0.4, 0.5) is 0 Å². The molecule has 1 amide bonds. The Kier molecular flexibility index (Phi) is 6.74. The number of carboxylic acid groups (broad SMARTS) is 1. The van der Waals surface area contributed by atoms with Crippen molar-refractivity contribution >= 4 is 11.9 Å². The van der Waals surface area contributed by atoms with Gasteiger partial charge in [-0.15, -0.1) is 0 Å². The molecule has 1 atom stereocenters.